The van der Waals surface area contributed by atoms with Gasteiger partial charge >= 0.3 is 5.97 Å². The number of piperidine rings is 1. The topological polar surface area (TPSA) is 74.7 Å². The minimum absolute atomic E-state index is 0.0306. The highest BCUT2D eigenvalue weighted by Gasteiger charge is 2.47. The zero-order valence-electron chi connectivity index (χ0n) is 9.46. The summed E-state index contributed by atoms with van der Waals surface area (Å²) in [7, 11) is 0. The van der Waals surface area contributed by atoms with Gasteiger partial charge in [0, 0.05) is 11.8 Å². The maximum atomic E-state index is 12.2. The Kier molecular flexibility index (Phi) is 2.48. The molecule has 2 unspecified atom stereocenters. The minimum Gasteiger partial charge on any atom is -0.478 e. The molecule has 94 valence electrons. The lowest BCUT2D eigenvalue weighted by Gasteiger charge is -2.28. The number of carboxylic acid groups (broad SMARTS) is 1. The normalized spacial score (nSPS) is 26.8. The van der Waals surface area contributed by atoms with Gasteiger partial charge in [0.25, 0.3) is 0 Å². The number of imide groups is 1. The van der Waals surface area contributed by atoms with Crippen LogP contribution in [0.15, 0.2) is 11.4 Å². The third kappa shape index (κ3) is 1.49. The van der Waals surface area contributed by atoms with Crippen molar-refractivity contribution in [3.63, 3.8) is 0 Å². The smallest absolute Gasteiger partial charge is 0.338 e. The Bertz CT molecular complexity index is 528. The molecule has 2 atom stereocenters. The molecule has 0 radical (unpaired) electrons. The van der Waals surface area contributed by atoms with Crippen molar-refractivity contribution < 1.29 is 19.5 Å². The van der Waals surface area contributed by atoms with Crippen LogP contribution >= 0.6 is 11.3 Å². The Morgan fingerprint density at radius 1 is 1.28 bits per heavy atom. The van der Waals surface area contributed by atoms with Gasteiger partial charge < -0.3 is 5.11 Å². The van der Waals surface area contributed by atoms with E-state index in [9.17, 15) is 14.4 Å². The molecular weight excluding hydrogens is 254 g/mol. The molecule has 1 aliphatic carbocycles. The van der Waals surface area contributed by atoms with E-state index in [0.29, 0.717) is 6.42 Å². The van der Waals surface area contributed by atoms with E-state index in [4.69, 9.17) is 5.11 Å². The van der Waals surface area contributed by atoms with Crippen molar-refractivity contribution in [1.82, 2.24) is 0 Å². The van der Waals surface area contributed by atoms with E-state index in [1.54, 1.807) is 5.38 Å². The van der Waals surface area contributed by atoms with Crippen LogP contribution in [0.2, 0.25) is 0 Å². The molecule has 1 N–H and O–H groups in total. The fourth-order valence-electron chi connectivity index (χ4n) is 2.74. The van der Waals surface area contributed by atoms with E-state index < -0.39 is 5.97 Å². The number of carbonyl (C=O) groups excluding carboxylic acids is 2. The summed E-state index contributed by atoms with van der Waals surface area (Å²) in [5.74, 6) is -1.81. The minimum atomic E-state index is -1.11. The number of aromatic carboxylic acids is 1. The Hall–Kier alpha value is -1.69. The molecule has 1 aromatic rings. The average molecular weight is 265 g/mol. The first-order valence-electron chi connectivity index (χ1n) is 5.78. The first-order chi connectivity index (χ1) is 8.59. The highest BCUT2D eigenvalue weighted by atomic mass is 32.1. The van der Waals surface area contributed by atoms with Gasteiger partial charge in [0.15, 0.2) is 0 Å². The van der Waals surface area contributed by atoms with Gasteiger partial charge in [-0.3, -0.25) is 9.59 Å². The van der Waals surface area contributed by atoms with Gasteiger partial charge in [0.2, 0.25) is 11.8 Å². The van der Waals surface area contributed by atoms with Gasteiger partial charge in [0.05, 0.1) is 5.56 Å². The Balaban J connectivity index is 2.05. The number of hydrogen-bond acceptors (Lipinski definition) is 4. The largest absolute Gasteiger partial charge is 0.478 e. The van der Waals surface area contributed by atoms with Crippen molar-refractivity contribution in [1.29, 1.82) is 0 Å². The van der Waals surface area contributed by atoms with Crippen LogP contribution in [-0.2, 0) is 9.59 Å². The summed E-state index contributed by atoms with van der Waals surface area (Å²) in [4.78, 5) is 36.5. The zero-order chi connectivity index (χ0) is 12.9. The van der Waals surface area contributed by atoms with Crippen molar-refractivity contribution >= 4 is 34.1 Å². The molecule has 2 bridgehead atoms. The van der Waals surface area contributed by atoms with E-state index in [-0.39, 0.29) is 34.2 Å². The molecule has 0 spiro atoms. The lowest BCUT2D eigenvalue weighted by molar-refractivity contribution is -0.132. The molecule has 5 nitrogen and oxygen atoms in total. The van der Waals surface area contributed by atoms with Crippen molar-refractivity contribution in [2.75, 3.05) is 4.90 Å². The second-order valence-electron chi connectivity index (χ2n) is 4.66. The highest BCUT2D eigenvalue weighted by Crippen LogP contribution is 2.42. The van der Waals surface area contributed by atoms with Gasteiger partial charge in [-0.15, -0.1) is 11.3 Å². The molecule has 0 aromatic carbocycles. The molecule has 1 saturated carbocycles. The number of hydrogen-bond donors (Lipinski definition) is 1. The fourth-order valence-corrected chi connectivity index (χ4v) is 3.64. The summed E-state index contributed by atoms with van der Waals surface area (Å²) < 4.78 is 0. The van der Waals surface area contributed by atoms with Crippen molar-refractivity contribution in [2.45, 2.75) is 19.3 Å². The van der Waals surface area contributed by atoms with Crippen LogP contribution in [0.5, 0.6) is 0 Å². The van der Waals surface area contributed by atoms with Crippen molar-refractivity contribution in [3.8, 4) is 0 Å². The average Bonchev–Trinajstić information content (AvgIpc) is 2.95. The maximum absolute atomic E-state index is 12.2. The monoisotopic (exact) mass is 265 g/mol. The number of carboxylic acids is 1. The van der Waals surface area contributed by atoms with Crippen LogP contribution < -0.4 is 4.90 Å². The lowest BCUT2D eigenvalue weighted by atomic mass is 9.97. The molecule has 2 fully saturated rings. The van der Waals surface area contributed by atoms with Crippen LogP contribution in [0, 0.1) is 11.8 Å². The molecule has 1 aliphatic heterocycles. The zero-order valence-corrected chi connectivity index (χ0v) is 10.3. The maximum Gasteiger partial charge on any atom is 0.338 e. The first-order valence-corrected chi connectivity index (χ1v) is 6.66. The van der Waals surface area contributed by atoms with Crippen LogP contribution in [-0.4, -0.2) is 22.9 Å². The molecule has 18 heavy (non-hydrogen) atoms. The number of nitrogens with zero attached hydrogens (tertiary/aromatic N) is 1. The van der Waals surface area contributed by atoms with E-state index in [1.807, 2.05) is 0 Å². The van der Waals surface area contributed by atoms with Gasteiger partial charge in [-0.1, -0.05) is 0 Å². The van der Waals surface area contributed by atoms with Crippen LogP contribution in [0.3, 0.4) is 0 Å². The summed E-state index contributed by atoms with van der Waals surface area (Å²) in [5.41, 5.74) is 0.0306. The molecule has 3 rings (SSSR count). The Morgan fingerprint density at radius 2 is 1.89 bits per heavy atom. The first kappa shape index (κ1) is 11.4. The van der Waals surface area contributed by atoms with Crippen LogP contribution in [0.4, 0.5) is 5.00 Å². The summed E-state index contributed by atoms with van der Waals surface area (Å²) in [5, 5.41) is 10.9. The number of rotatable bonds is 2. The summed E-state index contributed by atoms with van der Waals surface area (Å²) >= 11 is 1.13. The highest BCUT2D eigenvalue weighted by molar-refractivity contribution is 7.15. The fraction of sp³-hybridized carbons (Fsp3) is 0.417. The van der Waals surface area contributed by atoms with Crippen LogP contribution in [0.1, 0.15) is 29.6 Å². The number of amides is 2. The molecular formula is C12H11NO4S. The molecule has 2 heterocycles. The van der Waals surface area contributed by atoms with Gasteiger partial charge in [-0.05, 0) is 30.7 Å². The van der Waals surface area contributed by atoms with Crippen LogP contribution in [0.25, 0.3) is 0 Å². The third-order valence-electron chi connectivity index (χ3n) is 3.65. The second kappa shape index (κ2) is 3.91. The standard InChI is InChI=1S/C12H11NO4S/c14-9-6-1-2-7(5-6)10(15)13(9)11-8(12(16)17)3-4-18-11/h3-4,6-7H,1-2,5H2,(H,16,17). The number of thiophene rings is 1. The number of carbonyl (C=O) groups is 3. The molecule has 2 amide bonds. The summed E-state index contributed by atoms with van der Waals surface area (Å²) in [6.45, 7) is 0. The molecule has 1 saturated heterocycles. The van der Waals surface area contributed by atoms with Gasteiger partial charge in [-0.25, -0.2) is 9.69 Å². The van der Waals surface area contributed by atoms with Crippen molar-refractivity contribution in [3.05, 3.63) is 17.0 Å². The summed E-state index contributed by atoms with van der Waals surface area (Å²) in [6.07, 6.45) is 2.10. The van der Waals surface area contributed by atoms with E-state index in [1.165, 1.54) is 6.07 Å². The molecule has 6 heteroatoms. The van der Waals surface area contributed by atoms with E-state index in [0.717, 1.165) is 29.1 Å². The number of anilines is 1. The predicted molar refractivity (Wildman–Crippen MR) is 64.6 cm³/mol. The lowest BCUT2D eigenvalue weighted by Crippen LogP contribution is -2.46. The number of fused-ring (bicyclic) bond motifs is 2. The molecule has 2 aliphatic rings. The SMILES string of the molecule is O=C(O)c1ccsc1N1C(=O)C2CCC(C2)C1=O. The Labute approximate surface area is 107 Å². The van der Waals surface area contributed by atoms with E-state index in [2.05, 4.69) is 0 Å². The third-order valence-corrected chi connectivity index (χ3v) is 4.55. The van der Waals surface area contributed by atoms with Gasteiger partial charge in [0.1, 0.15) is 5.00 Å². The quantitative estimate of drug-likeness (QED) is 0.826. The predicted octanol–water partition coefficient (Wildman–Crippen LogP) is 1.74. The second-order valence-corrected chi connectivity index (χ2v) is 5.56. The van der Waals surface area contributed by atoms with E-state index >= 15 is 0 Å². The molecule has 1 aromatic heterocycles. The Morgan fingerprint density at radius 3 is 2.44 bits per heavy atom. The summed E-state index contributed by atoms with van der Waals surface area (Å²) in [6, 6.07) is 1.43. The van der Waals surface area contributed by atoms with Gasteiger partial charge in [-0.2, -0.15) is 0 Å². The van der Waals surface area contributed by atoms with Crippen molar-refractivity contribution in [2.24, 2.45) is 11.8 Å².